The Hall–Kier alpha value is -0.820. The normalized spacial score (nSPS) is 16.2. The van der Waals surface area contributed by atoms with E-state index in [0.29, 0.717) is 6.42 Å². The van der Waals surface area contributed by atoms with Crippen LogP contribution in [-0.2, 0) is 4.79 Å². The maximum absolute atomic E-state index is 12.1. The summed E-state index contributed by atoms with van der Waals surface area (Å²) in [7, 11) is 0. The molecule has 96 valence electrons. The van der Waals surface area contributed by atoms with E-state index in [-0.39, 0.29) is 6.04 Å². The Balaban J connectivity index is 4.48. The predicted octanol–water partition coefficient (Wildman–Crippen LogP) is 1.09. The molecule has 2 atom stereocenters. The van der Waals surface area contributed by atoms with Crippen LogP contribution in [0.25, 0.3) is 0 Å². The van der Waals surface area contributed by atoms with Gasteiger partial charge < -0.3 is 10.2 Å². The molecule has 0 aromatic carbocycles. The van der Waals surface area contributed by atoms with E-state index in [1.807, 2.05) is 0 Å². The summed E-state index contributed by atoms with van der Waals surface area (Å²) in [6.45, 7) is 2.12. The number of halogens is 3. The zero-order valence-corrected chi connectivity index (χ0v) is 9.16. The summed E-state index contributed by atoms with van der Waals surface area (Å²) in [5, 5.41) is 17.4. The molecule has 7 heteroatoms. The van der Waals surface area contributed by atoms with Crippen LogP contribution in [0, 0.1) is 0 Å². The first-order chi connectivity index (χ1) is 7.18. The number of nitrogens with zero attached hydrogens (tertiary/aromatic N) is 1. The average Bonchev–Trinajstić information content (AvgIpc) is 2.13. The summed E-state index contributed by atoms with van der Waals surface area (Å²) in [4.78, 5) is 11.6. The summed E-state index contributed by atoms with van der Waals surface area (Å²) in [6, 6.07) is -0.326. The number of carbonyl (C=O) groups is 1. The molecule has 0 saturated carbocycles. The second-order valence-electron chi connectivity index (χ2n) is 3.64. The highest BCUT2D eigenvalue weighted by Gasteiger charge is 2.39. The van der Waals surface area contributed by atoms with Gasteiger partial charge in [-0.05, 0) is 13.3 Å². The van der Waals surface area contributed by atoms with Crippen molar-refractivity contribution in [1.29, 1.82) is 0 Å². The van der Waals surface area contributed by atoms with Crippen molar-refractivity contribution in [2.24, 2.45) is 0 Å². The molecule has 0 aliphatic carbocycles. The van der Waals surface area contributed by atoms with Crippen molar-refractivity contribution in [1.82, 2.24) is 4.90 Å². The molecule has 0 bridgehead atoms. The minimum absolute atomic E-state index is 0.326. The van der Waals surface area contributed by atoms with Crippen LogP contribution in [0.2, 0.25) is 0 Å². The molecular formula is C9H16F3NO3. The Morgan fingerprint density at radius 1 is 1.44 bits per heavy atom. The lowest BCUT2D eigenvalue weighted by Gasteiger charge is -2.29. The molecular weight excluding hydrogens is 227 g/mol. The molecule has 0 aromatic heterocycles. The lowest BCUT2D eigenvalue weighted by Crippen LogP contribution is -2.46. The molecule has 0 radical (unpaired) electrons. The Labute approximate surface area is 91.7 Å². The second-order valence-corrected chi connectivity index (χ2v) is 3.64. The van der Waals surface area contributed by atoms with Gasteiger partial charge in [-0.15, -0.1) is 0 Å². The monoisotopic (exact) mass is 243 g/mol. The van der Waals surface area contributed by atoms with E-state index in [1.54, 1.807) is 13.8 Å². The molecule has 0 aromatic rings. The molecule has 0 heterocycles. The van der Waals surface area contributed by atoms with Crippen LogP contribution in [-0.4, -0.2) is 52.5 Å². The number of rotatable bonds is 6. The highest BCUT2D eigenvalue weighted by Crippen LogP contribution is 2.21. The predicted molar refractivity (Wildman–Crippen MR) is 51.0 cm³/mol. The average molecular weight is 243 g/mol. The fourth-order valence-corrected chi connectivity index (χ4v) is 1.16. The van der Waals surface area contributed by atoms with Crippen LogP contribution in [0.4, 0.5) is 13.2 Å². The number of hydrogen-bond donors (Lipinski definition) is 2. The summed E-state index contributed by atoms with van der Waals surface area (Å²) < 4.78 is 36.3. The quantitative estimate of drug-likeness (QED) is 0.733. The molecule has 16 heavy (non-hydrogen) atoms. The maximum atomic E-state index is 12.1. The van der Waals surface area contributed by atoms with Crippen LogP contribution in [0.5, 0.6) is 0 Å². The van der Waals surface area contributed by atoms with Gasteiger partial charge in [-0.3, -0.25) is 9.69 Å². The van der Waals surface area contributed by atoms with E-state index in [4.69, 9.17) is 10.2 Å². The molecule has 0 rings (SSSR count). The van der Waals surface area contributed by atoms with Gasteiger partial charge >= 0.3 is 12.1 Å². The molecule has 0 spiro atoms. The molecule has 0 aliphatic heterocycles. The van der Waals surface area contributed by atoms with Crippen molar-refractivity contribution in [3.63, 3.8) is 0 Å². The molecule has 0 saturated heterocycles. The van der Waals surface area contributed by atoms with E-state index in [2.05, 4.69) is 0 Å². The SMILES string of the molecule is CCC(C)N(CC(=O)O)CC(O)C(F)(F)F. The second kappa shape index (κ2) is 6.05. The van der Waals surface area contributed by atoms with Gasteiger partial charge in [0.1, 0.15) is 0 Å². The molecule has 2 N–H and O–H groups in total. The van der Waals surface area contributed by atoms with Crippen molar-refractivity contribution < 1.29 is 28.2 Å². The topological polar surface area (TPSA) is 60.8 Å². The van der Waals surface area contributed by atoms with Crippen LogP contribution in [0.15, 0.2) is 0 Å². The number of aliphatic hydroxyl groups excluding tert-OH is 1. The largest absolute Gasteiger partial charge is 0.480 e. The maximum Gasteiger partial charge on any atom is 0.415 e. The van der Waals surface area contributed by atoms with Gasteiger partial charge in [0.05, 0.1) is 6.54 Å². The summed E-state index contributed by atoms with van der Waals surface area (Å²) in [5.74, 6) is -1.21. The van der Waals surface area contributed by atoms with Gasteiger partial charge in [0.25, 0.3) is 0 Å². The van der Waals surface area contributed by atoms with E-state index >= 15 is 0 Å². The van der Waals surface area contributed by atoms with E-state index in [1.165, 1.54) is 0 Å². The van der Waals surface area contributed by atoms with Crippen LogP contribution < -0.4 is 0 Å². The third-order valence-corrected chi connectivity index (χ3v) is 2.34. The van der Waals surface area contributed by atoms with Gasteiger partial charge in [-0.2, -0.15) is 13.2 Å². The third-order valence-electron chi connectivity index (χ3n) is 2.34. The number of carboxylic acid groups (broad SMARTS) is 1. The summed E-state index contributed by atoms with van der Waals surface area (Å²) in [5.41, 5.74) is 0. The van der Waals surface area contributed by atoms with Gasteiger partial charge in [-0.25, -0.2) is 0 Å². The first-order valence-corrected chi connectivity index (χ1v) is 4.89. The van der Waals surface area contributed by atoms with Crippen LogP contribution >= 0.6 is 0 Å². The Morgan fingerprint density at radius 2 is 1.94 bits per heavy atom. The van der Waals surface area contributed by atoms with Gasteiger partial charge in [-0.1, -0.05) is 6.92 Å². The fraction of sp³-hybridized carbons (Fsp3) is 0.889. The highest BCUT2D eigenvalue weighted by atomic mass is 19.4. The Morgan fingerprint density at radius 3 is 2.25 bits per heavy atom. The zero-order chi connectivity index (χ0) is 12.9. The first kappa shape index (κ1) is 15.2. The van der Waals surface area contributed by atoms with Crippen LogP contribution in [0.3, 0.4) is 0 Å². The molecule has 0 fully saturated rings. The minimum Gasteiger partial charge on any atom is -0.480 e. The van der Waals surface area contributed by atoms with Crippen molar-refractivity contribution in [3.8, 4) is 0 Å². The number of aliphatic carboxylic acids is 1. The lowest BCUT2D eigenvalue weighted by molar-refractivity contribution is -0.209. The van der Waals surface area contributed by atoms with Gasteiger partial charge in [0.2, 0.25) is 0 Å². The number of aliphatic hydroxyl groups is 1. The number of hydrogen-bond acceptors (Lipinski definition) is 3. The zero-order valence-electron chi connectivity index (χ0n) is 9.16. The van der Waals surface area contributed by atoms with Crippen LogP contribution in [0.1, 0.15) is 20.3 Å². The number of carboxylic acids is 1. The standard InChI is InChI=1S/C9H16F3NO3/c1-3-6(2)13(5-8(15)16)4-7(14)9(10,11)12/h6-7,14H,3-5H2,1-2H3,(H,15,16). The molecule has 0 amide bonds. The molecule has 2 unspecified atom stereocenters. The van der Waals surface area contributed by atoms with Crippen molar-refractivity contribution in [3.05, 3.63) is 0 Å². The van der Waals surface area contributed by atoms with E-state index in [0.717, 1.165) is 4.90 Å². The molecule has 4 nitrogen and oxygen atoms in total. The van der Waals surface area contributed by atoms with E-state index < -0.39 is 31.3 Å². The smallest absolute Gasteiger partial charge is 0.415 e. The Kier molecular flexibility index (Phi) is 5.74. The summed E-state index contributed by atoms with van der Waals surface area (Å²) >= 11 is 0. The van der Waals surface area contributed by atoms with Crippen molar-refractivity contribution in [2.75, 3.05) is 13.1 Å². The van der Waals surface area contributed by atoms with Crippen molar-refractivity contribution in [2.45, 2.75) is 38.6 Å². The van der Waals surface area contributed by atoms with E-state index in [9.17, 15) is 18.0 Å². The highest BCUT2D eigenvalue weighted by molar-refractivity contribution is 5.69. The lowest BCUT2D eigenvalue weighted by atomic mass is 10.2. The van der Waals surface area contributed by atoms with Crippen molar-refractivity contribution >= 4 is 5.97 Å². The van der Waals surface area contributed by atoms with Gasteiger partial charge in [0, 0.05) is 12.6 Å². The minimum atomic E-state index is -4.72. The summed E-state index contributed by atoms with van der Waals surface area (Å²) in [6.07, 6.45) is -6.72. The Bertz CT molecular complexity index is 233. The molecule has 0 aliphatic rings. The number of alkyl halides is 3. The first-order valence-electron chi connectivity index (χ1n) is 4.89. The van der Waals surface area contributed by atoms with Gasteiger partial charge in [0.15, 0.2) is 6.10 Å². The fourth-order valence-electron chi connectivity index (χ4n) is 1.16. The third kappa shape index (κ3) is 5.32.